The molecule has 2 rings (SSSR count). The second-order valence-electron chi connectivity index (χ2n) is 4.39. The van der Waals surface area contributed by atoms with Crippen LogP contribution < -0.4 is 0 Å². The number of carbonyl (C=O) groups excluding carboxylic acids is 1. The normalized spacial score (nSPS) is 21.6. The van der Waals surface area contributed by atoms with Crippen molar-refractivity contribution in [1.29, 1.82) is 0 Å². The lowest BCUT2D eigenvalue weighted by Crippen LogP contribution is -2.17. The number of carbonyl (C=O) groups is 1. The Hall–Kier alpha value is -1.32. The summed E-state index contributed by atoms with van der Waals surface area (Å²) >= 11 is 0. The number of ketones is 1. The lowest BCUT2D eigenvalue weighted by atomic mass is 9.82. The Morgan fingerprint density at radius 3 is 2.59 bits per heavy atom. The molecule has 0 N–H and O–H groups in total. The highest BCUT2D eigenvalue weighted by atomic mass is 19.4. The van der Waals surface area contributed by atoms with Crippen LogP contribution in [0.4, 0.5) is 13.2 Å². The van der Waals surface area contributed by atoms with E-state index in [1.165, 1.54) is 6.07 Å². The SMILES string of the molecule is O=C1CCCCC1c1cccc(C(F)(F)F)c1. The standard InChI is InChI=1S/C13H13F3O/c14-13(15,16)10-5-3-4-9(8-10)11-6-1-2-7-12(11)17/h3-5,8,11H,1-2,6-7H2. The van der Waals surface area contributed by atoms with Gasteiger partial charge in [-0.15, -0.1) is 0 Å². The van der Waals surface area contributed by atoms with Gasteiger partial charge >= 0.3 is 6.18 Å². The molecule has 0 spiro atoms. The van der Waals surface area contributed by atoms with Crippen molar-refractivity contribution >= 4 is 5.78 Å². The van der Waals surface area contributed by atoms with Gasteiger partial charge in [0.15, 0.2) is 0 Å². The molecule has 0 aromatic heterocycles. The van der Waals surface area contributed by atoms with Crippen molar-refractivity contribution in [3.8, 4) is 0 Å². The van der Waals surface area contributed by atoms with Crippen LogP contribution >= 0.6 is 0 Å². The first-order chi connectivity index (χ1) is 7.98. The van der Waals surface area contributed by atoms with Crippen LogP contribution in [0.3, 0.4) is 0 Å². The number of benzene rings is 1. The Labute approximate surface area is 97.6 Å². The van der Waals surface area contributed by atoms with E-state index in [4.69, 9.17) is 0 Å². The van der Waals surface area contributed by atoms with E-state index in [1.54, 1.807) is 6.07 Å². The summed E-state index contributed by atoms with van der Waals surface area (Å²) in [5.41, 5.74) is -0.169. The maximum Gasteiger partial charge on any atom is 0.416 e. The Morgan fingerprint density at radius 2 is 1.94 bits per heavy atom. The summed E-state index contributed by atoms with van der Waals surface area (Å²) in [7, 11) is 0. The lowest BCUT2D eigenvalue weighted by molar-refractivity contribution is -0.137. The van der Waals surface area contributed by atoms with E-state index in [0.717, 1.165) is 25.0 Å². The number of rotatable bonds is 1. The van der Waals surface area contributed by atoms with Crippen LogP contribution in [0, 0.1) is 0 Å². The van der Waals surface area contributed by atoms with Crippen LogP contribution in [0.25, 0.3) is 0 Å². The van der Waals surface area contributed by atoms with Gasteiger partial charge in [0.05, 0.1) is 5.56 Å². The molecule has 1 nitrogen and oxygen atoms in total. The number of alkyl halides is 3. The van der Waals surface area contributed by atoms with E-state index >= 15 is 0 Å². The second kappa shape index (κ2) is 4.51. The highest BCUT2D eigenvalue weighted by Gasteiger charge is 2.32. The van der Waals surface area contributed by atoms with Gasteiger partial charge in [0.2, 0.25) is 0 Å². The smallest absolute Gasteiger partial charge is 0.299 e. The van der Waals surface area contributed by atoms with Gasteiger partial charge in [0.1, 0.15) is 5.78 Å². The molecule has 4 heteroatoms. The molecule has 0 bridgehead atoms. The monoisotopic (exact) mass is 242 g/mol. The van der Waals surface area contributed by atoms with Crippen molar-refractivity contribution in [3.63, 3.8) is 0 Å². The number of hydrogen-bond acceptors (Lipinski definition) is 1. The summed E-state index contributed by atoms with van der Waals surface area (Å²) in [6.07, 6.45) is -1.42. The van der Waals surface area contributed by atoms with Gasteiger partial charge in [-0.3, -0.25) is 4.79 Å². The zero-order chi connectivity index (χ0) is 12.5. The molecule has 1 atom stereocenters. The molecule has 1 aromatic carbocycles. The molecule has 1 fully saturated rings. The fourth-order valence-corrected chi connectivity index (χ4v) is 2.27. The third-order valence-corrected chi connectivity index (χ3v) is 3.17. The predicted octanol–water partition coefficient (Wildman–Crippen LogP) is 3.93. The minimum absolute atomic E-state index is 0.0653. The van der Waals surface area contributed by atoms with Crippen molar-refractivity contribution in [2.75, 3.05) is 0 Å². The van der Waals surface area contributed by atoms with Crippen molar-refractivity contribution in [2.45, 2.75) is 37.8 Å². The molecule has 0 amide bonds. The van der Waals surface area contributed by atoms with E-state index in [9.17, 15) is 18.0 Å². The minimum atomic E-state index is -4.34. The molecule has 1 unspecified atom stereocenters. The van der Waals surface area contributed by atoms with Gasteiger partial charge in [-0.25, -0.2) is 0 Å². The average Bonchev–Trinajstić information content (AvgIpc) is 2.29. The molecule has 0 saturated heterocycles. The van der Waals surface area contributed by atoms with E-state index in [-0.39, 0.29) is 11.7 Å². The number of halogens is 3. The van der Waals surface area contributed by atoms with Crippen LogP contribution in [-0.4, -0.2) is 5.78 Å². The molecule has 0 radical (unpaired) electrons. The minimum Gasteiger partial charge on any atom is -0.299 e. The molecule has 1 aliphatic rings. The number of Topliss-reactive ketones (excluding diaryl/α,β-unsaturated/α-hetero) is 1. The van der Waals surface area contributed by atoms with Crippen molar-refractivity contribution in [1.82, 2.24) is 0 Å². The third kappa shape index (κ3) is 2.68. The first-order valence-electron chi connectivity index (χ1n) is 5.68. The first-order valence-corrected chi connectivity index (χ1v) is 5.68. The van der Waals surface area contributed by atoms with Gasteiger partial charge in [-0.1, -0.05) is 24.6 Å². The van der Waals surface area contributed by atoms with Gasteiger partial charge in [0.25, 0.3) is 0 Å². The first kappa shape index (κ1) is 12.1. The second-order valence-corrected chi connectivity index (χ2v) is 4.39. The fraction of sp³-hybridized carbons (Fsp3) is 0.462. The maximum atomic E-state index is 12.5. The Bertz CT molecular complexity index is 423. The topological polar surface area (TPSA) is 17.1 Å². The summed E-state index contributed by atoms with van der Waals surface area (Å²) in [6, 6.07) is 5.13. The zero-order valence-corrected chi connectivity index (χ0v) is 9.26. The molecule has 92 valence electrons. The summed E-state index contributed by atoms with van der Waals surface area (Å²) in [6.45, 7) is 0. The highest BCUT2D eigenvalue weighted by Crippen LogP contribution is 2.34. The molecule has 1 aromatic rings. The number of hydrogen-bond donors (Lipinski definition) is 0. The Balaban J connectivity index is 2.29. The van der Waals surface area contributed by atoms with Crippen molar-refractivity contribution in [3.05, 3.63) is 35.4 Å². The molecular weight excluding hydrogens is 229 g/mol. The molecule has 0 heterocycles. The van der Waals surface area contributed by atoms with Gasteiger partial charge < -0.3 is 0 Å². The van der Waals surface area contributed by atoms with E-state index in [1.807, 2.05) is 0 Å². The summed E-state index contributed by atoms with van der Waals surface area (Å²) in [5.74, 6) is -0.276. The van der Waals surface area contributed by atoms with Crippen molar-refractivity contribution in [2.24, 2.45) is 0 Å². The van der Waals surface area contributed by atoms with Crippen LogP contribution in [0.15, 0.2) is 24.3 Å². The molecule has 17 heavy (non-hydrogen) atoms. The van der Waals surface area contributed by atoms with E-state index in [0.29, 0.717) is 18.4 Å². The van der Waals surface area contributed by atoms with Gasteiger partial charge in [0, 0.05) is 12.3 Å². The summed E-state index contributed by atoms with van der Waals surface area (Å²) in [4.78, 5) is 11.7. The molecular formula is C13H13F3O. The predicted molar refractivity (Wildman–Crippen MR) is 57.7 cm³/mol. The van der Waals surface area contributed by atoms with Crippen LogP contribution in [0.2, 0.25) is 0 Å². The fourth-order valence-electron chi connectivity index (χ4n) is 2.27. The highest BCUT2D eigenvalue weighted by molar-refractivity contribution is 5.86. The summed E-state index contributed by atoms with van der Waals surface area (Å²) in [5, 5.41) is 0. The van der Waals surface area contributed by atoms with Crippen LogP contribution in [0.1, 0.15) is 42.7 Å². The quantitative estimate of drug-likeness (QED) is 0.729. The van der Waals surface area contributed by atoms with Gasteiger partial charge in [-0.2, -0.15) is 13.2 Å². The Kier molecular flexibility index (Phi) is 3.22. The summed E-state index contributed by atoms with van der Waals surface area (Å²) < 4.78 is 37.6. The van der Waals surface area contributed by atoms with Gasteiger partial charge in [-0.05, 0) is 24.5 Å². The van der Waals surface area contributed by atoms with Crippen LogP contribution in [-0.2, 0) is 11.0 Å². The largest absolute Gasteiger partial charge is 0.416 e. The Morgan fingerprint density at radius 1 is 1.18 bits per heavy atom. The third-order valence-electron chi connectivity index (χ3n) is 3.17. The molecule has 0 aliphatic heterocycles. The van der Waals surface area contributed by atoms with Crippen molar-refractivity contribution < 1.29 is 18.0 Å². The molecule has 1 aliphatic carbocycles. The molecule has 1 saturated carbocycles. The van der Waals surface area contributed by atoms with E-state index in [2.05, 4.69) is 0 Å². The van der Waals surface area contributed by atoms with E-state index < -0.39 is 11.7 Å². The zero-order valence-electron chi connectivity index (χ0n) is 9.26. The maximum absolute atomic E-state index is 12.5. The van der Waals surface area contributed by atoms with Crippen LogP contribution in [0.5, 0.6) is 0 Å². The lowest BCUT2D eigenvalue weighted by Gasteiger charge is -2.21. The average molecular weight is 242 g/mol.